The fourth-order valence-electron chi connectivity index (χ4n) is 2.95. The fourth-order valence-corrected chi connectivity index (χ4v) is 3.58. The molecule has 0 saturated carbocycles. The Bertz CT molecular complexity index is 909. The van der Waals surface area contributed by atoms with Gasteiger partial charge in [0.2, 0.25) is 11.7 Å². The van der Waals surface area contributed by atoms with Gasteiger partial charge in [-0.05, 0) is 30.0 Å². The monoisotopic (exact) mass is 384 g/mol. The molecule has 27 heavy (non-hydrogen) atoms. The van der Waals surface area contributed by atoms with Crippen molar-refractivity contribution in [3.8, 4) is 17.1 Å². The Labute approximate surface area is 161 Å². The third-order valence-electron chi connectivity index (χ3n) is 4.28. The Morgan fingerprint density at radius 2 is 2.26 bits per heavy atom. The van der Waals surface area contributed by atoms with Crippen molar-refractivity contribution in [2.75, 3.05) is 18.0 Å². The van der Waals surface area contributed by atoms with Gasteiger partial charge in [0.15, 0.2) is 6.10 Å². The van der Waals surface area contributed by atoms with Gasteiger partial charge in [-0.2, -0.15) is 16.3 Å². The number of rotatable bonds is 6. The average Bonchev–Trinajstić information content (AvgIpc) is 3.37. The van der Waals surface area contributed by atoms with Gasteiger partial charge in [-0.15, -0.1) is 0 Å². The number of para-hydroxylation sites is 2. The maximum Gasteiger partial charge on any atom is 0.262 e. The van der Waals surface area contributed by atoms with E-state index >= 15 is 0 Å². The molecule has 2 aromatic heterocycles. The lowest BCUT2D eigenvalue weighted by molar-refractivity contribution is -0.127. The molecule has 7 nitrogen and oxygen atoms in total. The van der Waals surface area contributed by atoms with E-state index in [4.69, 9.17) is 9.26 Å². The first kappa shape index (κ1) is 17.5. The molecule has 140 valence electrons. The number of aromatic nitrogens is 2. The smallest absolute Gasteiger partial charge is 0.262 e. The molecule has 8 heteroatoms. The van der Waals surface area contributed by atoms with E-state index in [2.05, 4.69) is 15.5 Å². The number of amides is 1. The summed E-state index contributed by atoms with van der Waals surface area (Å²) < 4.78 is 11.3. The highest BCUT2D eigenvalue weighted by molar-refractivity contribution is 7.08. The molecule has 0 saturated heterocycles. The van der Waals surface area contributed by atoms with Crippen LogP contribution in [0.5, 0.6) is 5.75 Å². The molecule has 0 aliphatic carbocycles. The van der Waals surface area contributed by atoms with Crippen molar-refractivity contribution in [2.45, 2.75) is 26.0 Å². The predicted molar refractivity (Wildman–Crippen MR) is 103 cm³/mol. The van der Waals surface area contributed by atoms with Gasteiger partial charge in [0.05, 0.1) is 18.8 Å². The van der Waals surface area contributed by atoms with E-state index in [0.717, 1.165) is 17.7 Å². The first-order chi connectivity index (χ1) is 13.2. The number of nitrogens with one attached hydrogen (secondary N) is 1. The third-order valence-corrected chi connectivity index (χ3v) is 4.96. The minimum atomic E-state index is -0.578. The zero-order valence-corrected chi connectivity index (χ0v) is 15.7. The molecule has 1 aromatic carbocycles. The highest BCUT2D eigenvalue weighted by atomic mass is 32.1. The predicted octanol–water partition coefficient (Wildman–Crippen LogP) is 3.09. The Hall–Kier alpha value is -2.87. The standard InChI is InChI=1S/C19H20N4O3S/c1-2-8-20-19(24)16-10-23(14-5-3-4-6-15(14)25-16)11-17-21-18(22-26-17)13-7-9-27-12-13/h3-7,9,12,16H,2,8,10-11H2,1H3,(H,20,24). The Morgan fingerprint density at radius 3 is 3.07 bits per heavy atom. The number of nitrogens with zero attached hydrogens (tertiary/aromatic N) is 3. The van der Waals surface area contributed by atoms with Crippen LogP contribution in [0.1, 0.15) is 19.2 Å². The Balaban J connectivity index is 1.54. The average molecular weight is 384 g/mol. The summed E-state index contributed by atoms with van der Waals surface area (Å²) in [5, 5.41) is 10.9. The number of anilines is 1. The maximum absolute atomic E-state index is 12.4. The summed E-state index contributed by atoms with van der Waals surface area (Å²) in [5.74, 6) is 1.64. The second kappa shape index (κ2) is 7.79. The molecule has 1 aliphatic heterocycles. The molecular weight excluding hydrogens is 364 g/mol. The van der Waals surface area contributed by atoms with Gasteiger partial charge in [-0.3, -0.25) is 4.79 Å². The van der Waals surface area contributed by atoms with Crippen molar-refractivity contribution < 1.29 is 14.1 Å². The van der Waals surface area contributed by atoms with Crippen LogP contribution in [-0.2, 0) is 11.3 Å². The number of carbonyl (C=O) groups excluding carboxylic acids is 1. The van der Waals surface area contributed by atoms with Gasteiger partial charge >= 0.3 is 0 Å². The van der Waals surface area contributed by atoms with Crippen LogP contribution in [0.2, 0.25) is 0 Å². The van der Waals surface area contributed by atoms with Crippen molar-refractivity contribution in [1.82, 2.24) is 15.5 Å². The first-order valence-corrected chi connectivity index (χ1v) is 9.82. The van der Waals surface area contributed by atoms with Crippen LogP contribution in [0.4, 0.5) is 5.69 Å². The van der Waals surface area contributed by atoms with E-state index in [1.807, 2.05) is 52.9 Å². The van der Waals surface area contributed by atoms with Crippen molar-refractivity contribution in [3.63, 3.8) is 0 Å². The van der Waals surface area contributed by atoms with Crippen LogP contribution in [0.3, 0.4) is 0 Å². The van der Waals surface area contributed by atoms with Crippen molar-refractivity contribution in [3.05, 3.63) is 47.0 Å². The SMILES string of the molecule is CCCNC(=O)C1CN(Cc2nc(-c3ccsc3)no2)c2ccccc2O1. The lowest BCUT2D eigenvalue weighted by Gasteiger charge is -2.34. The van der Waals surface area contributed by atoms with Crippen LogP contribution in [0, 0.1) is 0 Å². The van der Waals surface area contributed by atoms with Gasteiger partial charge < -0.3 is 19.5 Å². The second-order valence-corrected chi connectivity index (χ2v) is 7.05. The molecule has 0 spiro atoms. The number of ether oxygens (including phenoxy) is 1. The number of hydrogen-bond donors (Lipinski definition) is 1. The minimum Gasteiger partial charge on any atom is -0.477 e. The molecule has 0 radical (unpaired) electrons. The Morgan fingerprint density at radius 1 is 1.37 bits per heavy atom. The largest absolute Gasteiger partial charge is 0.477 e. The molecule has 1 aliphatic rings. The van der Waals surface area contributed by atoms with Crippen molar-refractivity contribution >= 4 is 22.9 Å². The molecule has 3 aromatic rings. The second-order valence-electron chi connectivity index (χ2n) is 6.27. The van der Waals surface area contributed by atoms with E-state index < -0.39 is 6.10 Å². The summed E-state index contributed by atoms with van der Waals surface area (Å²) >= 11 is 1.59. The molecule has 4 rings (SSSR count). The van der Waals surface area contributed by atoms with E-state index in [0.29, 0.717) is 37.1 Å². The number of benzene rings is 1. The number of carbonyl (C=O) groups is 1. The lowest BCUT2D eigenvalue weighted by atomic mass is 10.1. The lowest BCUT2D eigenvalue weighted by Crippen LogP contribution is -2.48. The van der Waals surface area contributed by atoms with Crippen LogP contribution in [0.15, 0.2) is 45.6 Å². The highest BCUT2D eigenvalue weighted by Gasteiger charge is 2.31. The van der Waals surface area contributed by atoms with Crippen LogP contribution < -0.4 is 15.0 Å². The number of hydrogen-bond acceptors (Lipinski definition) is 7. The zero-order valence-electron chi connectivity index (χ0n) is 14.9. The summed E-state index contributed by atoms with van der Waals surface area (Å²) in [7, 11) is 0. The summed E-state index contributed by atoms with van der Waals surface area (Å²) in [6, 6.07) is 9.62. The molecule has 3 heterocycles. The van der Waals surface area contributed by atoms with Crippen LogP contribution in [-0.4, -0.2) is 35.2 Å². The number of thiophene rings is 1. The van der Waals surface area contributed by atoms with E-state index in [-0.39, 0.29) is 5.91 Å². The summed E-state index contributed by atoms with van der Waals surface area (Å²) in [4.78, 5) is 18.9. The molecule has 1 N–H and O–H groups in total. The van der Waals surface area contributed by atoms with Gasteiger partial charge in [0.1, 0.15) is 5.75 Å². The molecule has 0 fully saturated rings. The van der Waals surface area contributed by atoms with Crippen LogP contribution in [0.25, 0.3) is 11.4 Å². The minimum absolute atomic E-state index is 0.110. The highest BCUT2D eigenvalue weighted by Crippen LogP contribution is 2.34. The molecule has 1 unspecified atom stereocenters. The topological polar surface area (TPSA) is 80.5 Å². The molecular formula is C19H20N4O3S. The third kappa shape index (κ3) is 3.80. The van der Waals surface area contributed by atoms with E-state index in [1.54, 1.807) is 11.3 Å². The van der Waals surface area contributed by atoms with Gasteiger partial charge in [-0.1, -0.05) is 24.2 Å². The van der Waals surface area contributed by atoms with Gasteiger partial charge in [0.25, 0.3) is 5.91 Å². The van der Waals surface area contributed by atoms with Crippen LogP contribution >= 0.6 is 11.3 Å². The normalized spacial score (nSPS) is 15.9. The Kier molecular flexibility index (Phi) is 5.06. The zero-order chi connectivity index (χ0) is 18.6. The summed E-state index contributed by atoms with van der Waals surface area (Å²) in [5.41, 5.74) is 1.85. The molecule has 1 amide bonds. The molecule has 0 bridgehead atoms. The molecule has 1 atom stereocenters. The van der Waals surface area contributed by atoms with E-state index in [9.17, 15) is 4.79 Å². The van der Waals surface area contributed by atoms with Gasteiger partial charge in [0, 0.05) is 17.5 Å². The quantitative estimate of drug-likeness (QED) is 0.703. The van der Waals surface area contributed by atoms with Gasteiger partial charge in [-0.25, -0.2) is 0 Å². The number of fused-ring (bicyclic) bond motifs is 1. The van der Waals surface area contributed by atoms with Crippen molar-refractivity contribution in [1.29, 1.82) is 0 Å². The fraction of sp³-hybridized carbons (Fsp3) is 0.316. The summed E-state index contributed by atoms with van der Waals surface area (Å²) in [6.07, 6.45) is 0.303. The van der Waals surface area contributed by atoms with E-state index in [1.165, 1.54) is 0 Å². The van der Waals surface area contributed by atoms with Crippen molar-refractivity contribution in [2.24, 2.45) is 0 Å². The first-order valence-electron chi connectivity index (χ1n) is 8.88. The maximum atomic E-state index is 12.4. The summed E-state index contributed by atoms with van der Waals surface area (Å²) in [6.45, 7) is 3.48.